The van der Waals surface area contributed by atoms with Gasteiger partial charge in [-0.05, 0) is 13.0 Å². The van der Waals surface area contributed by atoms with Crippen molar-refractivity contribution in [3.05, 3.63) is 11.6 Å². The molecule has 0 amide bonds. The van der Waals surface area contributed by atoms with Crippen LogP contribution in [0.15, 0.2) is 6.07 Å². The largest absolute Gasteiger partial charge is 0.502 e. The van der Waals surface area contributed by atoms with E-state index in [9.17, 15) is 9.90 Å². The molecule has 0 radical (unpaired) electrons. The van der Waals surface area contributed by atoms with Crippen molar-refractivity contribution in [1.29, 1.82) is 0 Å². The summed E-state index contributed by atoms with van der Waals surface area (Å²) in [5.74, 6) is 0.308. The van der Waals surface area contributed by atoms with E-state index in [1.54, 1.807) is 6.92 Å². The molecule has 0 heterocycles. The number of benzene rings is 1. The van der Waals surface area contributed by atoms with Crippen LogP contribution >= 0.6 is 0 Å². The SMILES string of the molecule is CCOc1c(C=O)cc(OC)c(O)c1OC. The Labute approximate surface area is 93.6 Å². The summed E-state index contributed by atoms with van der Waals surface area (Å²) in [5.41, 5.74) is 0.272. The zero-order valence-electron chi connectivity index (χ0n) is 9.44. The molecular weight excluding hydrogens is 212 g/mol. The molecule has 1 aromatic rings. The number of aldehydes is 1. The van der Waals surface area contributed by atoms with Crippen LogP contribution in [0.1, 0.15) is 17.3 Å². The van der Waals surface area contributed by atoms with Gasteiger partial charge in [-0.3, -0.25) is 4.79 Å². The van der Waals surface area contributed by atoms with Crippen molar-refractivity contribution in [3.8, 4) is 23.0 Å². The summed E-state index contributed by atoms with van der Waals surface area (Å²) in [6, 6.07) is 1.40. The van der Waals surface area contributed by atoms with Crippen molar-refractivity contribution in [2.45, 2.75) is 6.92 Å². The number of methoxy groups -OCH3 is 2. The molecule has 0 aromatic heterocycles. The van der Waals surface area contributed by atoms with Gasteiger partial charge >= 0.3 is 0 Å². The summed E-state index contributed by atoms with van der Waals surface area (Å²) in [6.45, 7) is 2.14. The van der Waals surface area contributed by atoms with Gasteiger partial charge in [0.25, 0.3) is 0 Å². The van der Waals surface area contributed by atoms with Gasteiger partial charge in [-0.1, -0.05) is 0 Å². The smallest absolute Gasteiger partial charge is 0.207 e. The average molecular weight is 226 g/mol. The van der Waals surface area contributed by atoms with E-state index in [4.69, 9.17) is 14.2 Å². The maximum absolute atomic E-state index is 10.9. The number of carbonyl (C=O) groups is 1. The van der Waals surface area contributed by atoms with Crippen molar-refractivity contribution >= 4 is 6.29 Å². The second-order valence-corrected chi connectivity index (χ2v) is 2.93. The molecule has 16 heavy (non-hydrogen) atoms. The Kier molecular flexibility index (Phi) is 3.99. The van der Waals surface area contributed by atoms with Crippen LogP contribution in [-0.2, 0) is 0 Å². The van der Waals surface area contributed by atoms with Gasteiger partial charge in [-0.25, -0.2) is 0 Å². The van der Waals surface area contributed by atoms with E-state index >= 15 is 0 Å². The minimum absolute atomic E-state index is 0.100. The number of hydrogen-bond donors (Lipinski definition) is 1. The number of carbonyl (C=O) groups excluding carboxylic acids is 1. The van der Waals surface area contributed by atoms with Crippen LogP contribution in [-0.4, -0.2) is 32.2 Å². The van der Waals surface area contributed by atoms with Gasteiger partial charge in [0.15, 0.2) is 17.8 Å². The fraction of sp³-hybridized carbons (Fsp3) is 0.364. The van der Waals surface area contributed by atoms with Gasteiger partial charge < -0.3 is 19.3 Å². The zero-order chi connectivity index (χ0) is 12.1. The van der Waals surface area contributed by atoms with E-state index in [2.05, 4.69) is 0 Å². The summed E-state index contributed by atoms with van der Waals surface area (Å²) in [7, 11) is 2.77. The van der Waals surface area contributed by atoms with Crippen LogP contribution in [0.2, 0.25) is 0 Å². The number of phenols is 1. The standard InChI is InChI=1S/C11H14O5/c1-4-16-10-7(6-12)5-8(14-2)9(13)11(10)15-3/h5-6,13H,4H2,1-3H3. The molecule has 0 atom stereocenters. The molecule has 1 N–H and O–H groups in total. The predicted molar refractivity (Wildman–Crippen MR) is 57.8 cm³/mol. The highest BCUT2D eigenvalue weighted by Crippen LogP contribution is 2.45. The number of ether oxygens (including phenoxy) is 3. The van der Waals surface area contributed by atoms with Crippen LogP contribution in [0.3, 0.4) is 0 Å². The predicted octanol–water partition coefficient (Wildman–Crippen LogP) is 1.62. The molecule has 0 unspecified atom stereocenters. The van der Waals surface area contributed by atoms with Gasteiger partial charge in [0, 0.05) is 0 Å². The molecule has 0 fully saturated rings. The van der Waals surface area contributed by atoms with E-state index in [1.165, 1.54) is 20.3 Å². The number of aromatic hydroxyl groups is 1. The molecule has 5 heteroatoms. The highest BCUT2D eigenvalue weighted by molar-refractivity contribution is 5.84. The first-order valence-electron chi connectivity index (χ1n) is 4.75. The van der Waals surface area contributed by atoms with Crippen molar-refractivity contribution in [2.24, 2.45) is 0 Å². The lowest BCUT2D eigenvalue weighted by atomic mass is 10.1. The minimum atomic E-state index is -0.181. The second-order valence-electron chi connectivity index (χ2n) is 2.93. The molecular formula is C11H14O5. The Balaban J connectivity index is 3.43. The zero-order valence-corrected chi connectivity index (χ0v) is 9.44. The molecule has 0 aliphatic rings. The average Bonchev–Trinajstić information content (AvgIpc) is 2.30. The van der Waals surface area contributed by atoms with Gasteiger partial charge in [0.1, 0.15) is 0 Å². The third-order valence-corrected chi connectivity index (χ3v) is 2.04. The van der Waals surface area contributed by atoms with Crippen molar-refractivity contribution < 1.29 is 24.1 Å². The van der Waals surface area contributed by atoms with Crippen LogP contribution in [0.4, 0.5) is 0 Å². The topological polar surface area (TPSA) is 65.0 Å². The van der Waals surface area contributed by atoms with Gasteiger partial charge in [-0.15, -0.1) is 0 Å². The molecule has 1 aromatic carbocycles. The Morgan fingerprint density at radius 3 is 2.44 bits per heavy atom. The first-order chi connectivity index (χ1) is 7.69. The minimum Gasteiger partial charge on any atom is -0.502 e. The number of rotatable bonds is 5. The molecule has 0 aliphatic carbocycles. The van der Waals surface area contributed by atoms with Gasteiger partial charge in [-0.2, -0.15) is 0 Å². The highest BCUT2D eigenvalue weighted by atomic mass is 16.5. The van der Waals surface area contributed by atoms with Gasteiger partial charge in [0.05, 0.1) is 26.4 Å². The van der Waals surface area contributed by atoms with Gasteiger partial charge in [0.2, 0.25) is 11.5 Å². The lowest BCUT2D eigenvalue weighted by Gasteiger charge is -2.15. The van der Waals surface area contributed by atoms with Crippen molar-refractivity contribution in [3.63, 3.8) is 0 Å². The molecule has 0 saturated carbocycles. The molecule has 0 bridgehead atoms. The summed E-state index contributed by atoms with van der Waals surface area (Å²) in [4.78, 5) is 10.9. The maximum Gasteiger partial charge on any atom is 0.207 e. The van der Waals surface area contributed by atoms with E-state index in [0.717, 1.165) is 0 Å². The molecule has 0 spiro atoms. The van der Waals surface area contributed by atoms with E-state index < -0.39 is 0 Å². The first kappa shape index (κ1) is 12.2. The quantitative estimate of drug-likeness (QED) is 0.773. The summed E-state index contributed by atoms with van der Waals surface area (Å²) in [5, 5.41) is 9.77. The number of phenolic OH excluding ortho intramolecular Hbond substituents is 1. The van der Waals surface area contributed by atoms with Crippen LogP contribution in [0, 0.1) is 0 Å². The summed E-state index contributed by atoms with van der Waals surface area (Å²) >= 11 is 0. The Bertz CT molecular complexity index is 386. The summed E-state index contributed by atoms with van der Waals surface area (Å²) < 4.78 is 15.2. The lowest BCUT2D eigenvalue weighted by Crippen LogP contribution is -2.01. The van der Waals surface area contributed by atoms with Crippen LogP contribution < -0.4 is 14.2 Å². The van der Waals surface area contributed by atoms with E-state index in [0.29, 0.717) is 12.9 Å². The maximum atomic E-state index is 10.9. The third kappa shape index (κ3) is 2.03. The van der Waals surface area contributed by atoms with Crippen molar-refractivity contribution in [2.75, 3.05) is 20.8 Å². The fourth-order valence-electron chi connectivity index (χ4n) is 1.35. The van der Waals surface area contributed by atoms with Crippen molar-refractivity contribution in [1.82, 2.24) is 0 Å². The van der Waals surface area contributed by atoms with Crippen LogP contribution in [0.25, 0.3) is 0 Å². The normalized spacial score (nSPS) is 9.69. The summed E-state index contributed by atoms with van der Waals surface area (Å²) in [6.07, 6.45) is 0.621. The Hall–Kier alpha value is -1.91. The van der Waals surface area contributed by atoms with Crippen LogP contribution in [0.5, 0.6) is 23.0 Å². The van der Waals surface area contributed by atoms with E-state index in [-0.39, 0.29) is 28.6 Å². The molecule has 0 saturated heterocycles. The third-order valence-electron chi connectivity index (χ3n) is 2.04. The molecule has 88 valence electrons. The Morgan fingerprint density at radius 1 is 1.31 bits per heavy atom. The highest BCUT2D eigenvalue weighted by Gasteiger charge is 2.19. The molecule has 5 nitrogen and oxygen atoms in total. The first-order valence-corrected chi connectivity index (χ1v) is 4.75. The van der Waals surface area contributed by atoms with E-state index in [1.807, 2.05) is 0 Å². The lowest BCUT2D eigenvalue weighted by molar-refractivity contribution is 0.111. The monoisotopic (exact) mass is 226 g/mol. The fourth-order valence-corrected chi connectivity index (χ4v) is 1.35. The number of hydrogen-bond acceptors (Lipinski definition) is 5. The molecule has 0 aliphatic heterocycles. The molecule has 1 rings (SSSR count). The Morgan fingerprint density at radius 2 is 2.00 bits per heavy atom. The second kappa shape index (κ2) is 5.25.